The number of benzene rings is 1. The van der Waals surface area contributed by atoms with Crippen molar-refractivity contribution in [3.63, 3.8) is 0 Å². The molecule has 0 amide bonds. The number of pyridine rings is 1. The number of halogens is 1. The maximum atomic E-state index is 13.3. The lowest BCUT2D eigenvalue weighted by molar-refractivity contribution is 0.0529. The summed E-state index contributed by atoms with van der Waals surface area (Å²) >= 11 is 0. The van der Waals surface area contributed by atoms with Crippen molar-refractivity contribution >= 4 is 11.8 Å². The summed E-state index contributed by atoms with van der Waals surface area (Å²) in [6.07, 6.45) is 2.85. The smallest absolute Gasteiger partial charge is 0.191 e. The Morgan fingerprint density at radius 2 is 2.17 bits per heavy atom. The molecule has 1 atom stereocenters. The zero-order valence-electron chi connectivity index (χ0n) is 17.2. The first-order valence-electron chi connectivity index (χ1n) is 10.2. The fourth-order valence-corrected chi connectivity index (χ4v) is 3.25. The summed E-state index contributed by atoms with van der Waals surface area (Å²) in [7, 11) is 0. The van der Waals surface area contributed by atoms with E-state index in [0.717, 1.165) is 55.6 Å². The molecule has 0 bridgehead atoms. The lowest BCUT2D eigenvalue weighted by Gasteiger charge is -2.32. The van der Waals surface area contributed by atoms with E-state index in [-0.39, 0.29) is 11.9 Å². The minimum atomic E-state index is -0.203. The van der Waals surface area contributed by atoms with Gasteiger partial charge >= 0.3 is 0 Å². The van der Waals surface area contributed by atoms with Crippen molar-refractivity contribution in [3.8, 4) is 0 Å². The molecule has 1 fully saturated rings. The molecule has 2 aromatic rings. The molecule has 2 heterocycles. The SMILES string of the molecule is CCNC(=NCc1ccc(N2CCOC(C)C2)nc1)NCCc1cccc(F)c1. The number of aliphatic imine (C=N–C) groups is 1. The van der Waals surface area contributed by atoms with Crippen molar-refractivity contribution in [1.29, 1.82) is 0 Å². The Morgan fingerprint density at radius 1 is 1.28 bits per heavy atom. The van der Waals surface area contributed by atoms with Gasteiger partial charge in [0.1, 0.15) is 11.6 Å². The molecule has 6 nitrogen and oxygen atoms in total. The Kier molecular flexibility index (Phi) is 7.81. The van der Waals surface area contributed by atoms with Crippen LogP contribution >= 0.6 is 0 Å². The summed E-state index contributed by atoms with van der Waals surface area (Å²) in [4.78, 5) is 11.5. The first kappa shape index (κ1) is 21.0. The van der Waals surface area contributed by atoms with Crippen LogP contribution in [0.3, 0.4) is 0 Å². The Morgan fingerprint density at radius 3 is 2.90 bits per heavy atom. The van der Waals surface area contributed by atoms with Crippen LogP contribution in [0.25, 0.3) is 0 Å². The van der Waals surface area contributed by atoms with E-state index >= 15 is 0 Å². The number of rotatable bonds is 7. The van der Waals surface area contributed by atoms with E-state index in [1.807, 2.05) is 25.3 Å². The molecule has 1 unspecified atom stereocenters. The fourth-order valence-electron chi connectivity index (χ4n) is 3.25. The van der Waals surface area contributed by atoms with Crippen molar-refractivity contribution < 1.29 is 9.13 Å². The standard InChI is InChI=1S/C22H30FN5O/c1-3-24-22(25-10-9-18-5-4-6-20(23)13-18)27-15-19-7-8-21(26-14-19)28-11-12-29-17(2)16-28/h4-8,13-14,17H,3,9-12,15-16H2,1-2H3,(H2,24,25,27). The highest BCUT2D eigenvalue weighted by Crippen LogP contribution is 2.15. The number of anilines is 1. The van der Waals surface area contributed by atoms with Gasteiger partial charge in [0.05, 0.1) is 19.3 Å². The van der Waals surface area contributed by atoms with Crippen LogP contribution in [0.2, 0.25) is 0 Å². The molecule has 1 aliphatic rings. The van der Waals surface area contributed by atoms with Crippen LogP contribution in [0.5, 0.6) is 0 Å². The van der Waals surface area contributed by atoms with Crippen LogP contribution in [0, 0.1) is 5.82 Å². The molecule has 1 aliphatic heterocycles. The minimum absolute atomic E-state index is 0.203. The first-order chi connectivity index (χ1) is 14.1. The van der Waals surface area contributed by atoms with E-state index in [0.29, 0.717) is 13.1 Å². The van der Waals surface area contributed by atoms with Gasteiger partial charge in [-0.05, 0) is 49.6 Å². The van der Waals surface area contributed by atoms with E-state index in [9.17, 15) is 4.39 Å². The fraction of sp³-hybridized carbons (Fsp3) is 0.455. The Hall–Kier alpha value is -2.67. The third kappa shape index (κ3) is 6.71. The summed E-state index contributed by atoms with van der Waals surface area (Å²) in [5.41, 5.74) is 2.02. The number of ether oxygens (including phenoxy) is 1. The van der Waals surface area contributed by atoms with Gasteiger partial charge in [-0.2, -0.15) is 0 Å². The van der Waals surface area contributed by atoms with Crippen LogP contribution < -0.4 is 15.5 Å². The minimum Gasteiger partial charge on any atom is -0.375 e. The highest BCUT2D eigenvalue weighted by molar-refractivity contribution is 5.79. The predicted octanol–water partition coefficient (Wildman–Crippen LogP) is 2.74. The van der Waals surface area contributed by atoms with Crippen LogP contribution in [-0.2, 0) is 17.7 Å². The number of morpholine rings is 1. The number of nitrogens with one attached hydrogen (secondary N) is 2. The van der Waals surface area contributed by atoms with Gasteiger partial charge in [0.15, 0.2) is 5.96 Å². The Balaban J connectivity index is 1.52. The second kappa shape index (κ2) is 10.8. The van der Waals surface area contributed by atoms with Crippen molar-refractivity contribution in [1.82, 2.24) is 15.6 Å². The van der Waals surface area contributed by atoms with Crippen molar-refractivity contribution in [2.45, 2.75) is 32.9 Å². The predicted molar refractivity (Wildman–Crippen MR) is 115 cm³/mol. The van der Waals surface area contributed by atoms with Crippen molar-refractivity contribution in [2.24, 2.45) is 4.99 Å². The summed E-state index contributed by atoms with van der Waals surface area (Å²) in [6.45, 7) is 8.59. The van der Waals surface area contributed by atoms with E-state index in [1.165, 1.54) is 6.07 Å². The molecule has 1 aromatic heterocycles. The molecule has 3 rings (SSSR count). The zero-order chi connectivity index (χ0) is 20.5. The van der Waals surface area contributed by atoms with Crippen molar-refractivity contribution in [3.05, 3.63) is 59.5 Å². The average Bonchev–Trinajstić information content (AvgIpc) is 2.72. The third-order valence-electron chi connectivity index (χ3n) is 4.73. The van der Waals surface area contributed by atoms with Crippen LogP contribution in [0.15, 0.2) is 47.6 Å². The molecule has 1 saturated heterocycles. The Labute approximate surface area is 172 Å². The van der Waals surface area contributed by atoms with E-state index < -0.39 is 0 Å². The number of hydrogen-bond donors (Lipinski definition) is 2. The average molecular weight is 400 g/mol. The first-order valence-corrected chi connectivity index (χ1v) is 10.2. The molecule has 0 aliphatic carbocycles. The molecule has 0 saturated carbocycles. The van der Waals surface area contributed by atoms with Gasteiger partial charge in [-0.25, -0.2) is 14.4 Å². The molecular formula is C22H30FN5O. The van der Waals surface area contributed by atoms with Gasteiger partial charge in [-0.15, -0.1) is 0 Å². The van der Waals surface area contributed by atoms with Gasteiger partial charge in [0, 0.05) is 32.4 Å². The van der Waals surface area contributed by atoms with E-state index in [1.54, 1.807) is 12.1 Å². The van der Waals surface area contributed by atoms with Crippen molar-refractivity contribution in [2.75, 3.05) is 37.7 Å². The van der Waals surface area contributed by atoms with Gasteiger partial charge < -0.3 is 20.3 Å². The molecule has 0 spiro atoms. The Bertz CT molecular complexity index is 796. The molecule has 2 N–H and O–H groups in total. The quantitative estimate of drug-likeness (QED) is 0.554. The van der Waals surface area contributed by atoms with E-state index in [4.69, 9.17) is 4.74 Å². The van der Waals surface area contributed by atoms with Gasteiger partial charge in [0.25, 0.3) is 0 Å². The number of aromatic nitrogens is 1. The number of hydrogen-bond acceptors (Lipinski definition) is 4. The molecule has 0 radical (unpaired) electrons. The summed E-state index contributed by atoms with van der Waals surface area (Å²) < 4.78 is 18.9. The molecular weight excluding hydrogens is 369 g/mol. The lowest BCUT2D eigenvalue weighted by Crippen LogP contribution is -2.41. The summed E-state index contributed by atoms with van der Waals surface area (Å²) in [5, 5.41) is 6.54. The van der Waals surface area contributed by atoms with E-state index in [2.05, 4.69) is 38.5 Å². The highest BCUT2D eigenvalue weighted by Gasteiger charge is 2.17. The molecule has 29 heavy (non-hydrogen) atoms. The lowest BCUT2D eigenvalue weighted by atomic mass is 10.1. The largest absolute Gasteiger partial charge is 0.375 e. The number of guanidine groups is 1. The number of nitrogens with zero attached hydrogens (tertiary/aromatic N) is 3. The zero-order valence-corrected chi connectivity index (χ0v) is 17.2. The molecule has 7 heteroatoms. The maximum absolute atomic E-state index is 13.3. The summed E-state index contributed by atoms with van der Waals surface area (Å²) in [6, 6.07) is 10.8. The summed E-state index contributed by atoms with van der Waals surface area (Å²) in [5.74, 6) is 1.52. The molecule has 156 valence electrons. The monoisotopic (exact) mass is 399 g/mol. The van der Waals surface area contributed by atoms with Gasteiger partial charge in [-0.1, -0.05) is 18.2 Å². The van der Waals surface area contributed by atoms with Gasteiger partial charge in [-0.3, -0.25) is 0 Å². The normalized spacial score (nSPS) is 17.3. The highest BCUT2D eigenvalue weighted by atomic mass is 19.1. The van der Waals surface area contributed by atoms with Gasteiger partial charge in [0.2, 0.25) is 0 Å². The second-order valence-electron chi connectivity index (χ2n) is 7.15. The van der Waals surface area contributed by atoms with Crippen LogP contribution in [0.1, 0.15) is 25.0 Å². The topological polar surface area (TPSA) is 61.8 Å². The third-order valence-corrected chi connectivity index (χ3v) is 4.73. The molecule has 1 aromatic carbocycles. The van der Waals surface area contributed by atoms with Crippen LogP contribution in [0.4, 0.5) is 10.2 Å². The van der Waals surface area contributed by atoms with Crippen LogP contribution in [-0.4, -0.2) is 49.8 Å². The second-order valence-corrected chi connectivity index (χ2v) is 7.15. The maximum Gasteiger partial charge on any atom is 0.191 e.